The topological polar surface area (TPSA) is 75.3 Å². The van der Waals surface area contributed by atoms with Gasteiger partial charge >= 0.3 is 0 Å². The molecule has 0 spiro atoms. The molecule has 28 heavy (non-hydrogen) atoms. The lowest BCUT2D eigenvalue weighted by molar-refractivity contribution is 0.473. The number of halogens is 1. The summed E-state index contributed by atoms with van der Waals surface area (Å²) in [4.78, 5) is 17.8. The van der Waals surface area contributed by atoms with Crippen LogP contribution in [0.5, 0.6) is 11.5 Å². The molecule has 0 fully saturated rings. The smallest absolute Gasteiger partial charge is 0.266 e. The van der Waals surface area contributed by atoms with Crippen LogP contribution in [0.25, 0.3) is 28.7 Å². The van der Waals surface area contributed by atoms with Gasteiger partial charge in [-0.3, -0.25) is 9.36 Å². The number of aromatic hydroxyl groups is 2. The molecule has 138 valence electrons. The zero-order valence-corrected chi connectivity index (χ0v) is 16.2. The first kappa shape index (κ1) is 18.0. The van der Waals surface area contributed by atoms with Crippen LogP contribution < -0.4 is 5.56 Å². The van der Waals surface area contributed by atoms with Gasteiger partial charge < -0.3 is 10.2 Å². The number of hydrogen-bond donors (Lipinski definition) is 2. The van der Waals surface area contributed by atoms with Gasteiger partial charge in [0.15, 0.2) is 0 Å². The van der Waals surface area contributed by atoms with Crippen LogP contribution in [0.4, 0.5) is 0 Å². The van der Waals surface area contributed by atoms with E-state index in [-0.39, 0.29) is 17.1 Å². The first-order chi connectivity index (χ1) is 13.5. The van der Waals surface area contributed by atoms with Gasteiger partial charge in [0.1, 0.15) is 17.3 Å². The molecule has 2 N–H and O–H groups in total. The summed E-state index contributed by atoms with van der Waals surface area (Å²) in [7, 11) is 0. The Morgan fingerprint density at radius 1 is 0.929 bits per heavy atom. The highest BCUT2D eigenvalue weighted by molar-refractivity contribution is 9.10. The molecule has 0 aliphatic heterocycles. The Hall–Kier alpha value is -3.38. The Kier molecular flexibility index (Phi) is 4.71. The third kappa shape index (κ3) is 3.42. The number of benzene rings is 3. The fourth-order valence-corrected chi connectivity index (χ4v) is 3.31. The highest BCUT2D eigenvalue weighted by atomic mass is 79.9. The minimum absolute atomic E-state index is 0.113. The maximum absolute atomic E-state index is 13.1. The van der Waals surface area contributed by atoms with Crippen molar-refractivity contribution in [3.05, 3.63) is 92.9 Å². The first-order valence-corrected chi connectivity index (χ1v) is 9.30. The number of hydrogen-bond acceptors (Lipinski definition) is 4. The molecule has 0 amide bonds. The Bertz CT molecular complexity index is 1260. The minimum atomic E-state index is -0.214. The molecule has 3 aromatic carbocycles. The molecule has 1 heterocycles. The molecule has 0 bridgehead atoms. The van der Waals surface area contributed by atoms with Gasteiger partial charge in [-0.1, -0.05) is 28.1 Å². The standard InChI is InChI=1S/C22H15BrN2O3/c23-15-6-11-20(27)14(13-15)5-12-21-24-19-4-2-1-3-18(19)22(28)25(21)16-7-9-17(26)10-8-16/h1-13,26-27H. The van der Waals surface area contributed by atoms with Crippen molar-refractivity contribution in [2.24, 2.45) is 0 Å². The lowest BCUT2D eigenvalue weighted by Crippen LogP contribution is -2.22. The first-order valence-electron chi connectivity index (χ1n) is 8.51. The number of phenolic OH excluding ortho intramolecular Hbond substituents is 2. The Balaban J connectivity index is 1.94. The van der Waals surface area contributed by atoms with Crippen LogP contribution >= 0.6 is 15.9 Å². The lowest BCUT2D eigenvalue weighted by Gasteiger charge is -2.11. The molecular formula is C22H15BrN2O3. The highest BCUT2D eigenvalue weighted by Crippen LogP contribution is 2.24. The molecule has 4 aromatic rings. The second kappa shape index (κ2) is 7.32. The summed E-state index contributed by atoms with van der Waals surface area (Å²) in [6, 6.07) is 18.6. The molecule has 0 saturated carbocycles. The van der Waals surface area contributed by atoms with Gasteiger partial charge in [-0.05, 0) is 66.7 Å². The zero-order valence-electron chi connectivity index (χ0n) is 14.6. The van der Waals surface area contributed by atoms with E-state index in [9.17, 15) is 15.0 Å². The highest BCUT2D eigenvalue weighted by Gasteiger charge is 2.11. The number of para-hydroxylation sites is 1. The molecule has 6 heteroatoms. The number of nitrogens with zero attached hydrogens (tertiary/aromatic N) is 2. The van der Waals surface area contributed by atoms with Crippen molar-refractivity contribution < 1.29 is 10.2 Å². The lowest BCUT2D eigenvalue weighted by atomic mass is 10.1. The molecule has 0 saturated heterocycles. The Labute approximate surface area is 169 Å². The predicted octanol–water partition coefficient (Wildman–Crippen LogP) is 4.73. The minimum Gasteiger partial charge on any atom is -0.508 e. The number of aromatic nitrogens is 2. The van der Waals surface area contributed by atoms with Gasteiger partial charge in [0, 0.05) is 10.0 Å². The van der Waals surface area contributed by atoms with Gasteiger partial charge in [-0.15, -0.1) is 0 Å². The monoisotopic (exact) mass is 434 g/mol. The summed E-state index contributed by atoms with van der Waals surface area (Å²) < 4.78 is 2.31. The van der Waals surface area contributed by atoms with Crippen LogP contribution in [0.15, 0.2) is 76.0 Å². The third-order valence-electron chi connectivity index (χ3n) is 4.31. The summed E-state index contributed by atoms with van der Waals surface area (Å²) in [5, 5.41) is 20.1. The van der Waals surface area contributed by atoms with Gasteiger partial charge in [0.2, 0.25) is 0 Å². The summed E-state index contributed by atoms with van der Waals surface area (Å²) in [6.45, 7) is 0. The van der Waals surface area contributed by atoms with E-state index in [1.807, 2.05) is 6.07 Å². The molecule has 0 radical (unpaired) electrons. The second-order valence-corrected chi connectivity index (χ2v) is 7.10. The number of fused-ring (bicyclic) bond motifs is 1. The van der Waals surface area contributed by atoms with Crippen molar-refractivity contribution in [1.29, 1.82) is 0 Å². The van der Waals surface area contributed by atoms with Crippen molar-refractivity contribution in [3.8, 4) is 17.2 Å². The molecule has 0 unspecified atom stereocenters. The fourth-order valence-electron chi connectivity index (χ4n) is 2.94. The summed E-state index contributed by atoms with van der Waals surface area (Å²) in [5.74, 6) is 0.647. The molecule has 4 rings (SSSR count). The summed E-state index contributed by atoms with van der Waals surface area (Å²) in [6.07, 6.45) is 3.38. The Morgan fingerprint density at radius 2 is 1.68 bits per heavy atom. The van der Waals surface area contributed by atoms with Crippen LogP contribution in [-0.2, 0) is 0 Å². The van der Waals surface area contributed by atoms with Crippen LogP contribution in [-0.4, -0.2) is 19.8 Å². The third-order valence-corrected chi connectivity index (χ3v) is 4.80. The van der Waals surface area contributed by atoms with Crippen LogP contribution in [0.1, 0.15) is 11.4 Å². The molecule has 0 aliphatic carbocycles. The summed E-state index contributed by atoms with van der Waals surface area (Å²) in [5.41, 5.74) is 1.54. The maximum atomic E-state index is 13.1. The van der Waals surface area contributed by atoms with Gasteiger partial charge in [-0.25, -0.2) is 4.98 Å². The second-order valence-electron chi connectivity index (χ2n) is 6.18. The van der Waals surface area contributed by atoms with E-state index in [2.05, 4.69) is 20.9 Å². The molecule has 0 atom stereocenters. The van der Waals surface area contributed by atoms with E-state index in [0.29, 0.717) is 28.0 Å². The van der Waals surface area contributed by atoms with Gasteiger partial charge in [0.25, 0.3) is 5.56 Å². The van der Waals surface area contributed by atoms with E-state index >= 15 is 0 Å². The van der Waals surface area contributed by atoms with Crippen molar-refractivity contribution >= 4 is 39.0 Å². The summed E-state index contributed by atoms with van der Waals surface area (Å²) >= 11 is 3.39. The van der Waals surface area contributed by atoms with E-state index in [1.165, 1.54) is 16.7 Å². The average molecular weight is 435 g/mol. The average Bonchev–Trinajstić information content (AvgIpc) is 2.70. The molecule has 5 nitrogen and oxygen atoms in total. The van der Waals surface area contributed by atoms with Gasteiger partial charge in [-0.2, -0.15) is 0 Å². The van der Waals surface area contributed by atoms with Crippen molar-refractivity contribution in [2.75, 3.05) is 0 Å². The van der Waals surface area contributed by atoms with E-state index < -0.39 is 0 Å². The predicted molar refractivity (Wildman–Crippen MR) is 114 cm³/mol. The zero-order chi connectivity index (χ0) is 19.7. The number of phenols is 2. The maximum Gasteiger partial charge on any atom is 0.266 e. The van der Waals surface area contributed by atoms with Crippen molar-refractivity contribution in [2.45, 2.75) is 0 Å². The SMILES string of the molecule is O=c1c2ccccc2nc(C=Cc2cc(Br)ccc2O)n1-c1ccc(O)cc1. The van der Waals surface area contributed by atoms with E-state index in [4.69, 9.17) is 0 Å². The normalized spacial score (nSPS) is 11.3. The fraction of sp³-hybridized carbons (Fsp3) is 0. The Morgan fingerprint density at radius 3 is 2.46 bits per heavy atom. The van der Waals surface area contributed by atoms with Crippen LogP contribution in [0, 0.1) is 0 Å². The van der Waals surface area contributed by atoms with Crippen molar-refractivity contribution in [1.82, 2.24) is 9.55 Å². The van der Waals surface area contributed by atoms with Crippen molar-refractivity contribution in [3.63, 3.8) is 0 Å². The van der Waals surface area contributed by atoms with Crippen LogP contribution in [0.2, 0.25) is 0 Å². The van der Waals surface area contributed by atoms with E-state index in [1.54, 1.807) is 60.7 Å². The molecular weight excluding hydrogens is 420 g/mol. The number of rotatable bonds is 3. The van der Waals surface area contributed by atoms with Crippen LogP contribution in [0.3, 0.4) is 0 Å². The van der Waals surface area contributed by atoms with E-state index in [0.717, 1.165) is 4.47 Å². The van der Waals surface area contributed by atoms with Gasteiger partial charge in [0.05, 0.1) is 16.6 Å². The quantitative estimate of drug-likeness (QED) is 0.488. The largest absolute Gasteiger partial charge is 0.508 e. The molecule has 1 aromatic heterocycles. The molecule has 0 aliphatic rings.